The standard InChI is InChI=1S/C32H32IN5O5/c1-18(32(33)10-11-32)35-29-23-7-4-20(15-25(23)36-37-30(29)31(34)40)24-14-19(5-9-26(24)41-2)22-8-6-21(16-27(22)42-3)38-12-13-43-17-28(38)39/h4-9,14-16,18H,10-13,17H2,1-3H3,(H2,34,40)(H,35,36). The number of aromatic nitrogens is 2. The van der Waals surface area contributed by atoms with Crippen molar-refractivity contribution in [2.45, 2.75) is 29.2 Å². The number of nitrogens with two attached hydrogens (primary N) is 1. The summed E-state index contributed by atoms with van der Waals surface area (Å²) in [7, 11) is 3.25. The summed E-state index contributed by atoms with van der Waals surface area (Å²) in [4.78, 5) is 26.4. The van der Waals surface area contributed by atoms with Crippen LogP contribution in [-0.4, -0.2) is 65.5 Å². The maximum absolute atomic E-state index is 12.4. The van der Waals surface area contributed by atoms with Crippen molar-refractivity contribution in [1.29, 1.82) is 0 Å². The van der Waals surface area contributed by atoms with Crippen LogP contribution in [-0.2, 0) is 9.53 Å². The number of halogens is 1. The second-order valence-electron chi connectivity index (χ2n) is 10.8. The lowest BCUT2D eigenvalue weighted by Crippen LogP contribution is -2.41. The van der Waals surface area contributed by atoms with E-state index in [9.17, 15) is 9.59 Å². The molecule has 43 heavy (non-hydrogen) atoms. The summed E-state index contributed by atoms with van der Waals surface area (Å²) >= 11 is 2.48. The molecule has 11 heteroatoms. The van der Waals surface area contributed by atoms with Crippen LogP contribution in [0.15, 0.2) is 54.6 Å². The van der Waals surface area contributed by atoms with Crippen molar-refractivity contribution >= 4 is 56.7 Å². The minimum absolute atomic E-state index is 0.0709. The molecular weight excluding hydrogens is 661 g/mol. The lowest BCUT2D eigenvalue weighted by molar-refractivity contribution is -0.125. The third-order valence-electron chi connectivity index (χ3n) is 8.16. The van der Waals surface area contributed by atoms with Gasteiger partial charge in [-0.05, 0) is 67.3 Å². The van der Waals surface area contributed by atoms with Crippen LogP contribution in [0.1, 0.15) is 30.3 Å². The lowest BCUT2D eigenvalue weighted by Gasteiger charge is -2.27. The van der Waals surface area contributed by atoms with E-state index in [0.717, 1.165) is 46.2 Å². The molecule has 0 spiro atoms. The Bertz CT molecular complexity index is 1740. The summed E-state index contributed by atoms with van der Waals surface area (Å²) in [5.41, 5.74) is 11.3. The Hall–Kier alpha value is -3.97. The van der Waals surface area contributed by atoms with Crippen molar-refractivity contribution in [3.8, 4) is 33.8 Å². The average molecular weight is 694 g/mol. The second kappa shape index (κ2) is 11.6. The van der Waals surface area contributed by atoms with Crippen molar-refractivity contribution in [2.75, 3.05) is 44.2 Å². The van der Waals surface area contributed by atoms with Gasteiger partial charge in [-0.3, -0.25) is 9.59 Å². The number of amides is 2. The summed E-state index contributed by atoms with van der Waals surface area (Å²) in [6.45, 7) is 3.17. The van der Waals surface area contributed by atoms with Crippen LogP contribution in [0.5, 0.6) is 11.5 Å². The van der Waals surface area contributed by atoms with Gasteiger partial charge in [-0.1, -0.05) is 34.7 Å². The van der Waals surface area contributed by atoms with E-state index in [4.69, 9.17) is 19.9 Å². The molecule has 4 aromatic rings. The third-order valence-corrected chi connectivity index (χ3v) is 10.2. The summed E-state index contributed by atoms with van der Waals surface area (Å²) in [5.74, 6) is 0.625. The van der Waals surface area contributed by atoms with Gasteiger partial charge >= 0.3 is 0 Å². The van der Waals surface area contributed by atoms with Crippen LogP contribution >= 0.6 is 22.6 Å². The van der Waals surface area contributed by atoms with Crippen molar-refractivity contribution in [3.63, 3.8) is 0 Å². The van der Waals surface area contributed by atoms with E-state index in [-0.39, 0.29) is 27.7 Å². The summed E-state index contributed by atoms with van der Waals surface area (Å²) in [5, 5.41) is 12.9. The first kappa shape index (κ1) is 29.1. The predicted molar refractivity (Wildman–Crippen MR) is 174 cm³/mol. The largest absolute Gasteiger partial charge is 0.496 e. The first-order valence-corrected chi connectivity index (χ1v) is 15.1. The number of fused-ring (bicyclic) bond motifs is 1. The second-order valence-corrected chi connectivity index (χ2v) is 13.0. The van der Waals surface area contributed by atoms with E-state index < -0.39 is 5.91 Å². The van der Waals surface area contributed by atoms with Gasteiger partial charge in [0.05, 0.1) is 32.0 Å². The number of morpholine rings is 1. The number of methoxy groups -OCH3 is 2. The first-order valence-electron chi connectivity index (χ1n) is 14.0. The Morgan fingerprint density at radius 2 is 1.77 bits per heavy atom. The van der Waals surface area contributed by atoms with E-state index in [1.54, 1.807) is 19.1 Å². The fourth-order valence-corrected chi connectivity index (χ4v) is 5.90. The van der Waals surface area contributed by atoms with Gasteiger partial charge in [-0.25, -0.2) is 0 Å². The Morgan fingerprint density at radius 3 is 2.47 bits per heavy atom. The number of carbonyl (C=O) groups is 2. The molecule has 3 N–H and O–H groups in total. The Morgan fingerprint density at radius 1 is 1.02 bits per heavy atom. The van der Waals surface area contributed by atoms with E-state index in [1.807, 2.05) is 54.6 Å². The number of ether oxygens (including phenoxy) is 3. The molecule has 0 bridgehead atoms. The fourth-order valence-electron chi connectivity index (χ4n) is 5.47. The van der Waals surface area contributed by atoms with E-state index in [1.165, 1.54) is 0 Å². The molecule has 0 radical (unpaired) electrons. The predicted octanol–water partition coefficient (Wildman–Crippen LogP) is 5.21. The Kier molecular flexibility index (Phi) is 7.86. The van der Waals surface area contributed by atoms with Crippen LogP contribution in [0.4, 0.5) is 11.4 Å². The van der Waals surface area contributed by atoms with Gasteiger partial charge in [0, 0.05) is 44.3 Å². The smallest absolute Gasteiger partial charge is 0.271 e. The first-order chi connectivity index (χ1) is 20.7. The van der Waals surface area contributed by atoms with E-state index in [2.05, 4.69) is 45.0 Å². The number of primary amides is 1. The van der Waals surface area contributed by atoms with Crippen LogP contribution in [0, 0.1) is 0 Å². The number of anilines is 2. The highest BCUT2D eigenvalue weighted by molar-refractivity contribution is 14.1. The fraction of sp³-hybridized carbons (Fsp3) is 0.312. The molecule has 1 saturated carbocycles. The maximum atomic E-state index is 12.4. The minimum atomic E-state index is -0.626. The molecule has 2 aliphatic rings. The number of nitrogens with zero attached hydrogens (tertiary/aromatic N) is 3. The number of carbonyl (C=O) groups excluding carboxylic acids is 2. The number of nitrogens with one attached hydrogen (secondary N) is 1. The molecular formula is C32H32IN5O5. The molecule has 1 aliphatic heterocycles. The van der Waals surface area contributed by atoms with Gasteiger partial charge < -0.3 is 30.2 Å². The van der Waals surface area contributed by atoms with Crippen molar-refractivity contribution in [3.05, 3.63) is 60.3 Å². The molecule has 1 aliphatic carbocycles. The van der Waals surface area contributed by atoms with Gasteiger partial charge in [-0.15, -0.1) is 10.2 Å². The molecule has 222 valence electrons. The number of benzene rings is 3. The SMILES string of the molecule is COc1cc(N2CCOCC2=O)ccc1-c1ccc(OC)c(-c2ccc3c(NC(C)C4(I)CC4)c(C(N)=O)nnc3c2)c1. The molecule has 3 aromatic carbocycles. The Labute approximate surface area is 263 Å². The van der Waals surface area contributed by atoms with Gasteiger partial charge in [0.2, 0.25) is 0 Å². The van der Waals surface area contributed by atoms with Gasteiger partial charge in [0.15, 0.2) is 5.69 Å². The maximum Gasteiger partial charge on any atom is 0.271 e. The topological polar surface area (TPSA) is 129 Å². The molecule has 1 unspecified atom stereocenters. The quantitative estimate of drug-likeness (QED) is 0.181. The number of alkyl halides is 1. The molecule has 6 rings (SSSR count). The zero-order chi connectivity index (χ0) is 30.3. The molecule has 10 nitrogen and oxygen atoms in total. The van der Waals surface area contributed by atoms with Crippen LogP contribution in [0.3, 0.4) is 0 Å². The summed E-state index contributed by atoms with van der Waals surface area (Å²) in [6, 6.07) is 17.7. The Balaban J connectivity index is 1.40. The zero-order valence-corrected chi connectivity index (χ0v) is 26.3. The molecule has 1 aromatic heterocycles. The zero-order valence-electron chi connectivity index (χ0n) is 24.1. The van der Waals surface area contributed by atoms with E-state index in [0.29, 0.717) is 35.9 Å². The van der Waals surface area contributed by atoms with Crippen molar-refractivity contribution < 1.29 is 23.8 Å². The molecule has 1 atom stereocenters. The highest BCUT2D eigenvalue weighted by atomic mass is 127. The van der Waals surface area contributed by atoms with Crippen molar-refractivity contribution in [1.82, 2.24) is 10.2 Å². The van der Waals surface area contributed by atoms with Crippen molar-refractivity contribution in [2.24, 2.45) is 5.73 Å². The number of hydrogen-bond donors (Lipinski definition) is 2. The molecule has 2 heterocycles. The number of hydrogen-bond acceptors (Lipinski definition) is 8. The highest BCUT2D eigenvalue weighted by Gasteiger charge is 2.45. The average Bonchev–Trinajstić information content (AvgIpc) is 3.78. The minimum Gasteiger partial charge on any atom is -0.496 e. The summed E-state index contributed by atoms with van der Waals surface area (Å²) < 4.78 is 16.9. The lowest BCUT2D eigenvalue weighted by atomic mass is 9.96. The van der Waals surface area contributed by atoms with Crippen LogP contribution in [0.25, 0.3) is 33.2 Å². The molecule has 1 saturated heterocycles. The van der Waals surface area contributed by atoms with Crippen LogP contribution in [0.2, 0.25) is 0 Å². The third kappa shape index (κ3) is 5.58. The molecule has 2 amide bonds. The van der Waals surface area contributed by atoms with Crippen LogP contribution < -0.4 is 25.4 Å². The van der Waals surface area contributed by atoms with E-state index >= 15 is 0 Å². The number of rotatable bonds is 9. The highest BCUT2D eigenvalue weighted by Crippen LogP contribution is 2.49. The monoisotopic (exact) mass is 693 g/mol. The van der Waals surface area contributed by atoms with Gasteiger partial charge in [-0.2, -0.15) is 0 Å². The van der Waals surface area contributed by atoms with Gasteiger partial charge in [0.1, 0.15) is 18.1 Å². The molecule has 2 fully saturated rings. The summed E-state index contributed by atoms with van der Waals surface area (Å²) in [6.07, 6.45) is 2.23. The normalized spacial score (nSPS) is 16.6. The van der Waals surface area contributed by atoms with Gasteiger partial charge in [0.25, 0.3) is 11.8 Å².